The van der Waals surface area contributed by atoms with Crippen molar-refractivity contribution in [2.75, 3.05) is 12.8 Å². The first-order chi connectivity index (χ1) is 6.22. The molecule has 0 radical (unpaired) electrons. The van der Waals surface area contributed by atoms with Crippen LogP contribution in [0, 0.1) is 0 Å². The van der Waals surface area contributed by atoms with Gasteiger partial charge in [0.1, 0.15) is 12.4 Å². The van der Waals surface area contributed by atoms with Crippen LogP contribution in [0.2, 0.25) is 0 Å². The molecule has 1 aromatic carbocycles. The highest BCUT2D eigenvalue weighted by atomic mass is 15.3. The van der Waals surface area contributed by atoms with Crippen molar-refractivity contribution in [3.05, 3.63) is 48.8 Å². The van der Waals surface area contributed by atoms with Crippen LogP contribution in [0.1, 0.15) is 0 Å². The molecule has 2 nitrogen and oxygen atoms in total. The van der Waals surface area contributed by atoms with Crippen molar-refractivity contribution in [2.24, 2.45) is 0 Å². The fourth-order valence-electron chi connectivity index (χ4n) is 1.59. The molecule has 0 spiro atoms. The summed E-state index contributed by atoms with van der Waals surface area (Å²) in [6, 6.07) is 7.94. The number of para-hydroxylation sites is 2. The second-order valence-corrected chi connectivity index (χ2v) is 3.39. The minimum absolute atomic E-state index is 0.659. The second kappa shape index (κ2) is 2.75. The van der Waals surface area contributed by atoms with Crippen molar-refractivity contribution in [2.45, 2.75) is 0 Å². The zero-order valence-corrected chi connectivity index (χ0v) is 7.64. The number of benzene rings is 1. The third kappa shape index (κ3) is 1.25. The Kier molecular flexibility index (Phi) is 1.71. The summed E-state index contributed by atoms with van der Waals surface area (Å²) in [5.74, 6) is 0. The minimum atomic E-state index is 0.659. The van der Waals surface area contributed by atoms with E-state index in [0.717, 1.165) is 11.4 Å². The van der Waals surface area contributed by atoms with Crippen LogP contribution in [0.25, 0.3) is 0 Å². The van der Waals surface area contributed by atoms with Gasteiger partial charge in [-0.05, 0) is 18.2 Å². The molecular weight excluding hydrogens is 160 g/mol. The molecule has 0 amide bonds. The van der Waals surface area contributed by atoms with Gasteiger partial charge in [0, 0.05) is 6.07 Å². The molecule has 0 aliphatic carbocycles. The Morgan fingerprint density at radius 1 is 1.08 bits per heavy atom. The molecule has 1 aliphatic heterocycles. The van der Waals surface area contributed by atoms with Gasteiger partial charge in [0.2, 0.25) is 0 Å². The van der Waals surface area contributed by atoms with E-state index in [1.165, 1.54) is 0 Å². The van der Waals surface area contributed by atoms with Crippen LogP contribution in [0.15, 0.2) is 48.8 Å². The Morgan fingerprint density at radius 3 is 2.31 bits per heavy atom. The molecular formula is C11H13N2+. The molecule has 0 aromatic heterocycles. The Balaban J connectivity index is 2.52. The summed E-state index contributed by atoms with van der Waals surface area (Å²) in [6.07, 6.45) is 8.27. The van der Waals surface area contributed by atoms with Gasteiger partial charge < -0.3 is 5.73 Å². The summed E-state index contributed by atoms with van der Waals surface area (Å²) in [6.45, 7) is 0. The molecule has 1 aromatic rings. The molecule has 2 N–H and O–H groups in total. The summed E-state index contributed by atoms with van der Waals surface area (Å²) in [7, 11) is 2.10. The summed E-state index contributed by atoms with van der Waals surface area (Å²) >= 11 is 0. The van der Waals surface area contributed by atoms with Crippen molar-refractivity contribution in [3.8, 4) is 0 Å². The van der Waals surface area contributed by atoms with Gasteiger partial charge in [-0.3, -0.25) is 0 Å². The predicted octanol–water partition coefficient (Wildman–Crippen LogP) is 2.25. The van der Waals surface area contributed by atoms with Gasteiger partial charge in [-0.15, -0.1) is 0 Å². The first-order valence-electron chi connectivity index (χ1n) is 4.30. The first kappa shape index (κ1) is 8.08. The van der Waals surface area contributed by atoms with E-state index in [-0.39, 0.29) is 0 Å². The molecule has 0 saturated heterocycles. The number of rotatable bonds is 1. The van der Waals surface area contributed by atoms with Crippen LogP contribution in [-0.4, -0.2) is 7.05 Å². The van der Waals surface area contributed by atoms with E-state index in [2.05, 4.69) is 25.5 Å². The zero-order chi connectivity index (χ0) is 9.31. The summed E-state index contributed by atoms with van der Waals surface area (Å²) in [5.41, 5.74) is 7.85. The standard InChI is InChI=1S/C11H13N2/c1-13(8-4-5-9-13)11-7-3-2-6-10(11)12/h2-9H,12H2,1H3/q+1. The van der Waals surface area contributed by atoms with Crippen LogP contribution in [0.4, 0.5) is 11.4 Å². The third-order valence-corrected chi connectivity index (χ3v) is 2.36. The van der Waals surface area contributed by atoms with Gasteiger partial charge in [0.25, 0.3) is 0 Å². The SMILES string of the molecule is C[N+]1(c2ccccc2N)C=CC=C1. The first-order valence-corrected chi connectivity index (χ1v) is 4.30. The quantitative estimate of drug-likeness (QED) is 0.511. The largest absolute Gasteiger partial charge is 0.394 e. The third-order valence-electron chi connectivity index (χ3n) is 2.36. The average molecular weight is 173 g/mol. The molecule has 0 saturated carbocycles. The maximum Gasteiger partial charge on any atom is 0.165 e. The van der Waals surface area contributed by atoms with Crippen LogP contribution in [0.3, 0.4) is 0 Å². The van der Waals surface area contributed by atoms with E-state index in [1.54, 1.807) is 0 Å². The van der Waals surface area contributed by atoms with Crippen LogP contribution < -0.4 is 10.2 Å². The Bertz CT molecular complexity index is 365. The Morgan fingerprint density at radius 2 is 1.69 bits per heavy atom. The Hall–Kier alpha value is -1.54. The molecule has 2 rings (SSSR count). The number of quaternary nitrogens is 1. The normalized spacial score (nSPS) is 17.9. The summed E-state index contributed by atoms with van der Waals surface area (Å²) in [4.78, 5) is 0. The van der Waals surface area contributed by atoms with Gasteiger partial charge >= 0.3 is 0 Å². The highest BCUT2D eigenvalue weighted by Crippen LogP contribution is 2.30. The van der Waals surface area contributed by atoms with Crippen molar-refractivity contribution >= 4 is 11.4 Å². The van der Waals surface area contributed by atoms with Gasteiger partial charge in [-0.2, -0.15) is 0 Å². The predicted molar refractivity (Wildman–Crippen MR) is 56.9 cm³/mol. The van der Waals surface area contributed by atoms with E-state index in [0.29, 0.717) is 4.48 Å². The maximum atomic E-state index is 5.90. The highest BCUT2D eigenvalue weighted by molar-refractivity contribution is 5.67. The maximum absolute atomic E-state index is 5.90. The van der Waals surface area contributed by atoms with Gasteiger partial charge in [0.15, 0.2) is 5.69 Å². The molecule has 0 fully saturated rings. The number of nitrogens with two attached hydrogens (primary N) is 1. The molecule has 13 heavy (non-hydrogen) atoms. The van der Waals surface area contributed by atoms with Crippen LogP contribution >= 0.6 is 0 Å². The van der Waals surface area contributed by atoms with Crippen molar-refractivity contribution in [1.29, 1.82) is 0 Å². The van der Waals surface area contributed by atoms with Gasteiger partial charge in [-0.1, -0.05) is 12.1 Å². The molecule has 0 atom stereocenters. The number of nitrogens with zero attached hydrogens (tertiary/aromatic N) is 1. The topological polar surface area (TPSA) is 26.0 Å². The number of nitrogen functional groups attached to an aromatic ring is 1. The van der Waals surface area contributed by atoms with E-state index in [4.69, 9.17) is 5.73 Å². The van der Waals surface area contributed by atoms with E-state index in [1.807, 2.05) is 30.4 Å². The molecule has 0 unspecified atom stereocenters. The smallest absolute Gasteiger partial charge is 0.165 e. The van der Waals surface area contributed by atoms with Crippen molar-refractivity contribution in [3.63, 3.8) is 0 Å². The Labute approximate surface area is 78.2 Å². The monoisotopic (exact) mass is 173 g/mol. The lowest BCUT2D eigenvalue weighted by Crippen LogP contribution is -2.31. The van der Waals surface area contributed by atoms with E-state index in [9.17, 15) is 0 Å². The van der Waals surface area contributed by atoms with E-state index >= 15 is 0 Å². The molecule has 1 heterocycles. The molecule has 2 heteroatoms. The summed E-state index contributed by atoms with van der Waals surface area (Å²) < 4.78 is 0.659. The minimum Gasteiger partial charge on any atom is -0.394 e. The van der Waals surface area contributed by atoms with E-state index < -0.39 is 0 Å². The fourth-order valence-corrected chi connectivity index (χ4v) is 1.59. The molecule has 0 bridgehead atoms. The van der Waals surface area contributed by atoms with Crippen LogP contribution in [-0.2, 0) is 0 Å². The van der Waals surface area contributed by atoms with Crippen molar-refractivity contribution < 1.29 is 0 Å². The van der Waals surface area contributed by atoms with Gasteiger partial charge in [-0.25, -0.2) is 4.48 Å². The van der Waals surface area contributed by atoms with Crippen LogP contribution in [0.5, 0.6) is 0 Å². The lowest BCUT2D eigenvalue weighted by Gasteiger charge is -2.23. The van der Waals surface area contributed by atoms with Gasteiger partial charge in [0.05, 0.1) is 12.7 Å². The lowest BCUT2D eigenvalue weighted by molar-refractivity contribution is 0.609. The number of hydrogen-bond donors (Lipinski definition) is 1. The van der Waals surface area contributed by atoms with Crippen molar-refractivity contribution in [1.82, 2.24) is 4.48 Å². The fraction of sp³-hybridized carbons (Fsp3) is 0.0909. The number of allylic oxidation sites excluding steroid dienone is 2. The number of hydrogen-bond acceptors (Lipinski definition) is 1. The highest BCUT2D eigenvalue weighted by Gasteiger charge is 2.23. The molecule has 1 aliphatic rings. The molecule has 66 valence electrons. The zero-order valence-electron chi connectivity index (χ0n) is 7.64. The number of anilines is 1. The summed E-state index contributed by atoms with van der Waals surface area (Å²) in [5, 5.41) is 0. The average Bonchev–Trinajstić information content (AvgIpc) is 2.54. The lowest BCUT2D eigenvalue weighted by atomic mass is 10.2. The second-order valence-electron chi connectivity index (χ2n) is 3.39.